The first-order chi connectivity index (χ1) is 16.5. The lowest BCUT2D eigenvalue weighted by molar-refractivity contribution is -0.121. The Kier molecular flexibility index (Phi) is 4.86. The Labute approximate surface area is 198 Å². The molecule has 34 heavy (non-hydrogen) atoms. The number of fused-ring (bicyclic) bond motifs is 2. The minimum atomic E-state index is -0.421. The lowest BCUT2D eigenvalue weighted by Crippen LogP contribution is -2.29. The summed E-state index contributed by atoms with van der Waals surface area (Å²) in [5.74, 6) is 1.96. The quantitative estimate of drug-likeness (QED) is 0.473. The second kappa shape index (κ2) is 7.94. The van der Waals surface area contributed by atoms with Crippen molar-refractivity contribution in [2.24, 2.45) is 0 Å². The van der Waals surface area contributed by atoms with Gasteiger partial charge in [0.15, 0.2) is 11.5 Å². The maximum absolute atomic E-state index is 12.5. The Bertz CT molecular complexity index is 1380. The number of Topliss-reactive ketones (excluding diaryl/α,β-unsaturated/α-hetero) is 1. The highest BCUT2D eigenvalue weighted by atomic mass is 16.1. The van der Waals surface area contributed by atoms with Crippen molar-refractivity contribution in [1.82, 2.24) is 19.4 Å². The zero-order valence-corrected chi connectivity index (χ0v) is 19.6. The van der Waals surface area contributed by atoms with Gasteiger partial charge in [-0.25, -0.2) is 15.0 Å². The molecule has 3 aromatic heterocycles. The minimum absolute atomic E-state index is 0.264. The van der Waals surface area contributed by atoms with Crippen LogP contribution in [0.25, 0.3) is 16.9 Å². The van der Waals surface area contributed by atoms with Crippen LogP contribution in [0.15, 0.2) is 55.1 Å². The van der Waals surface area contributed by atoms with Crippen LogP contribution in [0.1, 0.15) is 44.2 Å². The Balaban J connectivity index is 1.32. The van der Waals surface area contributed by atoms with Gasteiger partial charge < -0.3 is 14.6 Å². The molecule has 0 atom stereocenters. The number of ketones is 1. The summed E-state index contributed by atoms with van der Waals surface area (Å²) in [4.78, 5) is 28.9. The maximum Gasteiger partial charge on any atom is 0.180 e. The van der Waals surface area contributed by atoms with E-state index in [1.54, 1.807) is 6.20 Å². The Morgan fingerprint density at radius 1 is 1.03 bits per heavy atom. The number of carbonyl (C=O) groups is 1. The lowest BCUT2D eigenvalue weighted by atomic mass is 9.85. The van der Waals surface area contributed by atoms with Crippen LogP contribution >= 0.6 is 0 Å². The number of aromatic nitrogens is 4. The van der Waals surface area contributed by atoms with Crippen molar-refractivity contribution < 1.29 is 4.79 Å². The summed E-state index contributed by atoms with van der Waals surface area (Å²) in [6.07, 6.45) is 11.8. The fraction of sp³-hybridized carbons (Fsp3) is 0.333. The number of carbonyl (C=O) groups excluding carboxylic acids is 1. The number of imidazole rings is 1. The summed E-state index contributed by atoms with van der Waals surface area (Å²) in [6, 6.07) is 10.4. The largest absolute Gasteiger partial charge is 0.357 e. The van der Waals surface area contributed by atoms with E-state index in [0.717, 1.165) is 52.6 Å². The molecular formula is C27H28N6O. The van der Waals surface area contributed by atoms with E-state index in [-0.39, 0.29) is 5.78 Å². The summed E-state index contributed by atoms with van der Waals surface area (Å²) in [7, 11) is 0. The van der Waals surface area contributed by atoms with Gasteiger partial charge in [-0.15, -0.1) is 0 Å². The molecule has 0 radical (unpaired) electrons. The molecule has 1 N–H and O–H groups in total. The van der Waals surface area contributed by atoms with Gasteiger partial charge in [0.05, 0.1) is 17.6 Å². The summed E-state index contributed by atoms with van der Waals surface area (Å²) >= 11 is 0. The van der Waals surface area contributed by atoms with Crippen LogP contribution in [-0.2, 0) is 16.6 Å². The first-order valence-corrected chi connectivity index (χ1v) is 12.0. The van der Waals surface area contributed by atoms with Gasteiger partial charge in [0.1, 0.15) is 11.6 Å². The number of hydrogen-bond donors (Lipinski definition) is 1. The van der Waals surface area contributed by atoms with Crippen molar-refractivity contribution in [3.63, 3.8) is 0 Å². The molecule has 4 aromatic rings. The van der Waals surface area contributed by atoms with Crippen LogP contribution in [0, 0.1) is 0 Å². The molecule has 0 saturated carbocycles. The van der Waals surface area contributed by atoms with Crippen molar-refractivity contribution in [2.45, 2.75) is 44.9 Å². The third kappa shape index (κ3) is 3.52. The van der Waals surface area contributed by atoms with E-state index in [4.69, 9.17) is 4.98 Å². The molecule has 1 fully saturated rings. The van der Waals surface area contributed by atoms with Crippen LogP contribution < -0.4 is 10.2 Å². The fourth-order valence-electron chi connectivity index (χ4n) is 5.11. The van der Waals surface area contributed by atoms with Crippen LogP contribution in [-0.4, -0.2) is 38.2 Å². The lowest BCUT2D eigenvalue weighted by Gasteiger charge is -2.27. The second-order valence-electron chi connectivity index (χ2n) is 9.81. The third-order valence-corrected chi connectivity index (χ3v) is 7.19. The van der Waals surface area contributed by atoms with E-state index in [9.17, 15) is 4.79 Å². The summed E-state index contributed by atoms with van der Waals surface area (Å²) in [5.41, 5.74) is 5.22. The summed E-state index contributed by atoms with van der Waals surface area (Å²) in [5, 5.41) is 3.42. The standard InChI is InChI=1S/C27H28N6O/c1-27(2)21-8-6-18(14-19(21)15-23(27)34)22-17-33-13-10-28-26(33)25(31-22)30-20-7-9-24(29-16-20)32-11-4-3-5-12-32/h6-10,13-14,16-17H,3-5,11-12,15H2,1-2H3,(H,30,31). The molecule has 2 aliphatic rings. The molecule has 1 aromatic carbocycles. The van der Waals surface area contributed by atoms with Crippen molar-refractivity contribution in [1.29, 1.82) is 0 Å². The minimum Gasteiger partial charge on any atom is -0.357 e. The highest BCUT2D eigenvalue weighted by molar-refractivity contribution is 5.96. The molecule has 0 spiro atoms. The summed E-state index contributed by atoms with van der Waals surface area (Å²) in [6.45, 7) is 6.15. The van der Waals surface area contributed by atoms with Gasteiger partial charge in [-0.2, -0.15) is 0 Å². The molecule has 7 heteroatoms. The van der Waals surface area contributed by atoms with E-state index in [2.05, 4.69) is 44.5 Å². The van der Waals surface area contributed by atoms with Crippen molar-refractivity contribution in [2.75, 3.05) is 23.3 Å². The number of nitrogens with one attached hydrogen (secondary N) is 1. The monoisotopic (exact) mass is 452 g/mol. The third-order valence-electron chi connectivity index (χ3n) is 7.19. The van der Waals surface area contributed by atoms with Gasteiger partial charge in [0.25, 0.3) is 0 Å². The highest BCUT2D eigenvalue weighted by Crippen LogP contribution is 2.37. The molecule has 0 unspecified atom stereocenters. The van der Waals surface area contributed by atoms with Crippen LogP contribution in [0.5, 0.6) is 0 Å². The smallest absolute Gasteiger partial charge is 0.180 e. The number of anilines is 3. The topological polar surface area (TPSA) is 75.4 Å². The Morgan fingerprint density at radius 2 is 1.88 bits per heavy atom. The van der Waals surface area contributed by atoms with E-state index < -0.39 is 5.41 Å². The van der Waals surface area contributed by atoms with Gasteiger partial charge in [0, 0.05) is 49.1 Å². The zero-order chi connectivity index (χ0) is 23.3. The molecule has 6 rings (SSSR count). The van der Waals surface area contributed by atoms with Gasteiger partial charge >= 0.3 is 0 Å². The maximum atomic E-state index is 12.5. The fourth-order valence-corrected chi connectivity index (χ4v) is 5.11. The molecule has 172 valence electrons. The number of rotatable bonds is 4. The normalized spacial score (nSPS) is 17.2. The molecule has 1 aliphatic heterocycles. The zero-order valence-electron chi connectivity index (χ0n) is 19.6. The molecule has 1 aliphatic carbocycles. The van der Waals surface area contributed by atoms with Gasteiger partial charge in [0.2, 0.25) is 0 Å². The average Bonchev–Trinajstić information content (AvgIpc) is 3.42. The SMILES string of the molecule is CC1(C)C(=O)Cc2cc(-c3cn4ccnc4c(Nc4ccc(N5CCCCC5)nc4)n3)ccc21. The molecule has 4 heterocycles. The van der Waals surface area contributed by atoms with Crippen LogP contribution in [0.3, 0.4) is 0 Å². The van der Waals surface area contributed by atoms with Gasteiger partial charge in [-0.1, -0.05) is 12.1 Å². The number of pyridine rings is 1. The van der Waals surface area contributed by atoms with E-state index in [1.807, 2.05) is 42.9 Å². The number of piperidine rings is 1. The first kappa shape index (κ1) is 20.8. The van der Waals surface area contributed by atoms with E-state index in [0.29, 0.717) is 12.2 Å². The second-order valence-corrected chi connectivity index (χ2v) is 9.81. The van der Waals surface area contributed by atoms with Crippen molar-refractivity contribution >= 4 is 28.8 Å². The van der Waals surface area contributed by atoms with Crippen molar-refractivity contribution in [3.05, 3.63) is 66.2 Å². The molecular weight excluding hydrogens is 424 g/mol. The van der Waals surface area contributed by atoms with Gasteiger partial charge in [-0.05, 0) is 62.4 Å². The van der Waals surface area contributed by atoms with Crippen molar-refractivity contribution in [3.8, 4) is 11.3 Å². The van der Waals surface area contributed by atoms with E-state index in [1.165, 1.54) is 19.3 Å². The Morgan fingerprint density at radius 3 is 2.68 bits per heavy atom. The molecule has 1 saturated heterocycles. The number of nitrogens with zero attached hydrogens (tertiary/aromatic N) is 5. The predicted octanol–water partition coefficient (Wildman–Crippen LogP) is 4.93. The highest BCUT2D eigenvalue weighted by Gasteiger charge is 2.37. The molecule has 0 amide bonds. The first-order valence-electron chi connectivity index (χ1n) is 12.0. The molecule has 0 bridgehead atoms. The average molecular weight is 453 g/mol. The van der Waals surface area contributed by atoms with Crippen LogP contribution in [0.4, 0.5) is 17.3 Å². The number of benzene rings is 1. The van der Waals surface area contributed by atoms with E-state index >= 15 is 0 Å². The molecule has 7 nitrogen and oxygen atoms in total. The van der Waals surface area contributed by atoms with Gasteiger partial charge in [-0.3, -0.25) is 4.79 Å². The van der Waals surface area contributed by atoms with Crippen LogP contribution in [0.2, 0.25) is 0 Å². The Hall–Kier alpha value is -3.74. The summed E-state index contributed by atoms with van der Waals surface area (Å²) < 4.78 is 1.97. The number of hydrogen-bond acceptors (Lipinski definition) is 6. The predicted molar refractivity (Wildman–Crippen MR) is 134 cm³/mol.